The van der Waals surface area contributed by atoms with Gasteiger partial charge in [0.25, 0.3) is 0 Å². The first kappa shape index (κ1) is 26.1. The van der Waals surface area contributed by atoms with Crippen LogP contribution in [0, 0.1) is 5.92 Å². The van der Waals surface area contributed by atoms with Gasteiger partial charge in [0.1, 0.15) is 22.2 Å². The minimum absolute atomic E-state index is 0.172. The van der Waals surface area contributed by atoms with Crippen LogP contribution in [-0.2, 0) is 11.3 Å². The fourth-order valence-electron chi connectivity index (χ4n) is 4.55. The molecule has 0 spiro atoms. The van der Waals surface area contributed by atoms with Crippen LogP contribution in [0.4, 0.5) is 5.82 Å². The van der Waals surface area contributed by atoms with Crippen LogP contribution in [0.5, 0.6) is 5.75 Å². The molecule has 0 saturated heterocycles. The van der Waals surface area contributed by atoms with E-state index in [-0.39, 0.29) is 11.8 Å². The average Bonchev–Trinajstić information content (AvgIpc) is 3.26. The fraction of sp³-hybridized carbons (Fsp3) is 0.370. The number of aromatic nitrogens is 2. The molecule has 4 N–H and O–H groups in total. The average molecular weight is 527 g/mol. The largest absolute Gasteiger partial charge is 0.495 e. The van der Waals surface area contributed by atoms with Crippen LogP contribution < -0.4 is 15.8 Å². The maximum atomic E-state index is 11.4. The Kier molecular flexibility index (Phi) is 8.61. The van der Waals surface area contributed by atoms with E-state index in [1.54, 1.807) is 18.4 Å². The zero-order valence-corrected chi connectivity index (χ0v) is 22.0. The van der Waals surface area contributed by atoms with Gasteiger partial charge < -0.3 is 20.9 Å². The lowest BCUT2D eigenvalue weighted by molar-refractivity contribution is -0.142. The number of halogens is 1. The summed E-state index contributed by atoms with van der Waals surface area (Å²) in [6, 6.07) is 14.0. The van der Waals surface area contributed by atoms with Crippen molar-refractivity contribution in [1.82, 2.24) is 9.97 Å². The van der Waals surface area contributed by atoms with Crippen molar-refractivity contribution in [2.45, 2.75) is 45.1 Å². The molecule has 9 heteroatoms. The molecule has 1 saturated carbocycles. The zero-order chi connectivity index (χ0) is 25.7. The number of hydrogen-bond acceptors (Lipinski definition) is 7. The number of carbonyl (C=O) groups is 1. The predicted molar refractivity (Wildman–Crippen MR) is 147 cm³/mol. The second kappa shape index (κ2) is 11.9. The van der Waals surface area contributed by atoms with Gasteiger partial charge in [-0.05, 0) is 56.0 Å². The predicted octanol–water partition coefficient (Wildman–Crippen LogP) is 6.44. The van der Waals surface area contributed by atoms with Crippen molar-refractivity contribution in [2.75, 3.05) is 19.0 Å². The summed E-state index contributed by atoms with van der Waals surface area (Å²) in [5.41, 5.74) is 5.87. The normalized spacial score (nSPS) is 17.4. The molecule has 7 nitrogen and oxygen atoms in total. The number of hydrogen-bond donors (Lipinski definition) is 3. The van der Waals surface area contributed by atoms with Crippen molar-refractivity contribution in [3.63, 3.8) is 0 Å². The van der Waals surface area contributed by atoms with Gasteiger partial charge in [-0.15, -0.1) is 11.3 Å². The summed E-state index contributed by atoms with van der Waals surface area (Å²) in [5, 5.41) is 15.6. The van der Waals surface area contributed by atoms with Crippen molar-refractivity contribution in [1.29, 1.82) is 0 Å². The number of rotatable bonds is 6. The lowest BCUT2D eigenvalue weighted by atomic mass is 9.81. The topological polar surface area (TPSA) is 110 Å². The molecule has 1 fully saturated rings. The number of anilines is 1. The number of nitrogens with one attached hydrogen (secondary N) is 1. The number of aliphatic carboxylic acids is 1. The van der Waals surface area contributed by atoms with Gasteiger partial charge in [-0.2, -0.15) is 0 Å². The van der Waals surface area contributed by atoms with Gasteiger partial charge in [0, 0.05) is 22.5 Å². The Morgan fingerprint density at radius 2 is 1.92 bits per heavy atom. The van der Waals surface area contributed by atoms with E-state index in [4.69, 9.17) is 32.0 Å². The van der Waals surface area contributed by atoms with Gasteiger partial charge in [0.05, 0.1) is 23.4 Å². The van der Waals surface area contributed by atoms with Crippen molar-refractivity contribution in [3.05, 3.63) is 58.9 Å². The van der Waals surface area contributed by atoms with Gasteiger partial charge in [0.2, 0.25) is 0 Å². The van der Waals surface area contributed by atoms with E-state index < -0.39 is 5.97 Å². The molecular weight excluding hydrogens is 496 g/mol. The Labute approximate surface area is 219 Å². The van der Waals surface area contributed by atoms with Crippen molar-refractivity contribution < 1.29 is 14.6 Å². The molecule has 2 heterocycles. The second-order valence-electron chi connectivity index (χ2n) is 8.83. The highest BCUT2D eigenvalue weighted by Gasteiger charge is 2.29. The number of carboxylic acid groups (broad SMARTS) is 1. The smallest absolute Gasteiger partial charge is 0.306 e. The Morgan fingerprint density at radius 3 is 2.58 bits per heavy atom. The maximum absolute atomic E-state index is 11.4. The molecule has 5 rings (SSSR count). The standard InChI is InChI=1S/C25H24ClN3O3S.C2H7N/c1-32-19-11-6-14(12-18(19)26)13-27-23-21-17-4-2-3-5-20(17)33-24(21)29-22(28-23)15-7-9-16(10-8-15)25(30)31;1-2-3/h2-6,11-12,15-16H,7-10,13H2,1H3,(H,30,31)(H,27,28,29);2-3H2,1H3. The van der Waals surface area contributed by atoms with E-state index in [0.717, 1.165) is 52.2 Å². The number of thiophene rings is 1. The number of ether oxygens (including phenoxy) is 1. The highest BCUT2D eigenvalue weighted by atomic mass is 35.5. The third-order valence-electron chi connectivity index (χ3n) is 6.37. The van der Waals surface area contributed by atoms with Gasteiger partial charge in [-0.25, -0.2) is 9.97 Å². The van der Waals surface area contributed by atoms with Crippen LogP contribution in [0.1, 0.15) is 49.9 Å². The molecule has 0 bridgehead atoms. The molecule has 190 valence electrons. The second-order valence-corrected chi connectivity index (χ2v) is 10.3. The number of nitrogens with zero attached hydrogens (tertiary/aromatic N) is 2. The van der Waals surface area contributed by atoms with Crippen LogP contribution >= 0.6 is 22.9 Å². The molecule has 0 amide bonds. The number of fused-ring (bicyclic) bond motifs is 3. The first-order valence-corrected chi connectivity index (χ1v) is 13.3. The summed E-state index contributed by atoms with van der Waals surface area (Å²) in [4.78, 5) is 22.2. The lowest BCUT2D eigenvalue weighted by Gasteiger charge is -2.25. The highest BCUT2D eigenvalue weighted by Crippen LogP contribution is 2.40. The molecule has 0 aliphatic heterocycles. The number of methoxy groups -OCH3 is 1. The van der Waals surface area contributed by atoms with Crippen LogP contribution in [0.3, 0.4) is 0 Å². The van der Waals surface area contributed by atoms with E-state index in [0.29, 0.717) is 30.2 Å². The number of benzene rings is 2. The molecule has 2 aromatic heterocycles. The third kappa shape index (κ3) is 5.72. The lowest BCUT2D eigenvalue weighted by Crippen LogP contribution is -2.21. The Balaban J connectivity index is 0.000000967. The van der Waals surface area contributed by atoms with E-state index in [9.17, 15) is 9.90 Å². The van der Waals surface area contributed by atoms with Crippen molar-refractivity contribution in [3.8, 4) is 5.75 Å². The van der Waals surface area contributed by atoms with Crippen LogP contribution in [0.25, 0.3) is 20.3 Å². The van der Waals surface area contributed by atoms with Crippen molar-refractivity contribution >= 4 is 55.0 Å². The van der Waals surface area contributed by atoms with Gasteiger partial charge in [-0.3, -0.25) is 4.79 Å². The molecule has 0 atom stereocenters. The van der Waals surface area contributed by atoms with E-state index >= 15 is 0 Å². The molecule has 1 aliphatic rings. The Bertz CT molecular complexity index is 1350. The summed E-state index contributed by atoms with van der Waals surface area (Å²) < 4.78 is 6.43. The van der Waals surface area contributed by atoms with E-state index in [1.165, 1.54) is 4.70 Å². The molecule has 36 heavy (non-hydrogen) atoms. The molecular formula is C27H31ClN4O3S. The molecule has 0 radical (unpaired) electrons. The summed E-state index contributed by atoms with van der Waals surface area (Å²) in [5.74, 6) is 1.47. The maximum Gasteiger partial charge on any atom is 0.306 e. The van der Waals surface area contributed by atoms with Crippen LogP contribution in [-0.4, -0.2) is 34.7 Å². The first-order valence-electron chi connectivity index (χ1n) is 12.1. The quantitative estimate of drug-likeness (QED) is 0.265. The fourth-order valence-corrected chi connectivity index (χ4v) is 5.92. The highest BCUT2D eigenvalue weighted by molar-refractivity contribution is 7.25. The van der Waals surface area contributed by atoms with E-state index in [2.05, 4.69) is 17.4 Å². The SMILES string of the molecule is CCN.COc1ccc(CNc2nc(C3CCC(C(=O)O)CC3)nc3sc4ccccc4c23)cc1Cl. The molecule has 0 unspecified atom stereocenters. The summed E-state index contributed by atoms with van der Waals surface area (Å²) in [7, 11) is 1.60. The third-order valence-corrected chi connectivity index (χ3v) is 7.73. The molecule has 1 aliphatic carbocycles. The minimum Gasteiger partial charge on any atom is -0.495 e. The van der Waals surface area contributed by atoms with Gasteiger partial charge >= 0.3 is 5.97 Å². The first-order chi connectivity index (χ1) is 17.4. The zero-order valence-electron chi connectivity index (χ0n) is 20.5. The summed E-state index contributed by atoms with van der Waals surface area (Å²) >= 11 is 7.97. The Hall–Kier alpha value is -2.94. The number of nitrogens with two attached hydrogens (primary N) is 1. The van der Waals surface area contributed by atoms with Crippen LogP contribution in [0.15, 0.2) is 42.5 Å². The number of carboxylic acids is 1. The van der Waals surface area contributed by atoms with E-state index in [1.807, 2.05) is 37.3 Å². The van der Waals surface area contributed by atoms with Gasteiger partial charge in [-0.1, -0.05) is 42.8 Å². The monoisotopic (exact) mass is 526 g/mol. The summed E-state index contributed by atoms with van der Waals surface area (Å²) in [6.45, 7) is 3.21. The minimum atomic E-state index is -0.699. The Morgan fingerprint density at radius 1 is 1.19 bits per heavy atom. The summed E-state index contributed by atoms with van der Waals surface area (Å²) in [6.07, 6.45) is 2.92. The van der Waals surface area contributed by atoms with Gasteiger partial charge in [0.15, 0.2) is 0 Å². The molecule has 2 aromatic carbocycles. The molecule has 4 aromatic rings. The van der Waals surface area contributed by atoms with Crippen molar-refractivity contribution in [2.24, 2.45) is 11.7 Å². The van der Waals surface area contributed by atoms with Crippen LogP contribution in [0.2, 0.25) is 5.02 Å².